The third-order valence-electron chi connectivity index (χ3n) is 3.86. The van der Waals surface area contributed by atoms with Gasteiger partial charge in [0.05, 0.1) is 6.61 Å². The van der Waals surface area contributed by atoms with E-state index in [1.165, 1.54) is 11.8 Å². The molecule has 1 rings (SSSR count). The lowest BCUT2D eigenvalue weighted by atomic mass is 9.76. The molecule has 120 valence electrons. The van der Waals surface area contributed by atoms with Crippen molar-refractivity contribution >= 4 is 17.7 Å². The summed E-state index contributed by atoms with van der Waals surface area (Å²) in [6, 6.07) is 5.81. The van der Waals surface area contributed by atoms with Crippen LogP contribution in [0.3, 0.4) is 0 Å². The molecular weight excluding hydrogens is 310 g/mol. The lowest BCUT2D eigenvalue weighted by Crippen LogP contribution is -2.22. The fourth-order valence-electron chi connectivity index (χ4n) is 2.82. The highest BCUT2D eigenvalue weighted by Crippen LogP contribution is 2.43. The highest BCUT2D eigenvalue weighted by Gasteiger charge is 2.32. The van der Waals surface area contributed by atoms with Gasteiger partial charge in [-0.2, -0.15) is 15.8 Å². The minimum atomic E-state index is -0.625. The van der Waals surface area contributed by atoms with Crippen molar-refractivity contribution in [3.8, 4) is 18.2 Å². The summed E-state index contributed by atoms with van der Waals surface area (Å²) in [6.07, 6.45) is 4.03. The number of carbonyl (C=O) groups is 1. The minimum Gasteiger partial charge on any atom is -0.462 e. The first-order valence-electron chi connectivity index (χ1n) is 7.42. The third-order valence-corrected chi connectivity index (χ3v) is 4.78. The summed E-state index contributed by atoms with van der Waals surface area (Å²) in [7, 11) is 0. The van der Waals surface area contributed by atoms with Gasteiger partial charge in [-0.25, -0.2) is 4.79 Å². The molecular formula is C17H19N3O2S. The van der Waals surface area contributed by atoms with Crippen LogP contribution in [0.25, 0.3) is 0 Å². The number of ether oxygens (including phenoxy) is 1. The Morgan fingerprint density at radius 1 is 1.26 bits per heavy atom. The van der Waals surface area contributed by atoms with Crippen molar-refractivity contribution in [1.82, 2.24) is 0 Å². The van der Waals surface area contributed by atoms with Crippen molar-refractivity contribution in [2.24, 2.45) is 11.8 Å². The fourth-order valence-corrected chi connectivity index (χ4v) is 3.66. The maximum atomic E-state index is 12.1. The van der Waals surface area contributed by atoms with E-state index in [0.29, 0.717) is 29.2 Å². The molecule has 5 nitrogen and oxygen atoms in total. The highest BCUT2D eigenvalue weighted by atomic mass is 32.2. The summed E-state index contributed by atoms with van der Waals surface area (Å²) in [5.74, 6) is -0.524. The molecule has 0 radical (unpaired) electrons. The van der Waals surface area contributed by atoms with Crippen LogP contribution in [-0.2, 0) is 9.53 Å². The van der Waals surface area contributed by atoms with Gasteiger partial charge in [0.1, 0.15) is 29.4 Å². The van der Waals surface area contributed by atoms with Crippen molar-refractivity contribution in [3.63, 3.8) is 0 Å². The predicted molar refractivity (Wildman–Crippen MR) is 87.5 cm³/mol. The Morgan fingerprint density at radius 2 is 1.91 bits per heavy atom. The summed E-state index contributed by atoms with van der Waals surface area (Å²) < 4.78 is 4.99. The highest BCUT2D eigenvalue weighted by molar-refractivity contribution is 8.02. The van der Waals surface area contributed by atoms with E-state index < -0.39 is 5.97 Å². The molecule has 0 aromatic carbocycles. The largest absolute Gasteiger partial charge is 0.462 e. The van der Waals surface area contributed by atoms with Crippen molar-refractivity contribution in [2.75, 3.05) is 12.9 Å². The molecule has 0 aromatic rings. The fraction of sp³-hybridized carbons (Fsp3) is 0.529. The van der Waals surface area contributed by atoms with Crippen molar-refractivity contribution in [2.45, 2.75) is 33.1 Å². The summed E-state index contributed by atoms with van der Waals surface area (Å²) in [4.78, 5) is 12.7. The van der Waals surface area contributed by atoms with E-state index in [-0.39, 0.29) is 23.7 Å². The molecule has 0 amide bonds. The summed E-state index contributed by atoms with van der Waals surface area (Å²) in [6.45, 7) is 3.95. The van der Waals surface area contributed by atoms with Crippen molar-refractivity contribution < 1.29 is 9.53 Å². The Kier molecular flexibility index (Phi) is 7.39. The third kappa shape index (κ3) is 4.38. The second-order valence-electron chi connectivity index (χ2n) is 5.34. The van der Waals surface area contributed by atoms with Crippen molar-refractivity contribution in [1.29, 1.82) is 15.8 Å². The lowest BCUT2D eigenvalue weighted by molar-refractivity contribution is -0.138. The summed E-state index contributed by atoms with van der Waals surface area (Å²) >= 11 is 1.33. The number of thioether (sulfide) groups is 1. The van der Waals surface area contributed by atoms with E-state index in [1.54, 1.807) is 13.2 Å². The van der Waals surface area contributed by atoms with Gasteiger partial charge < -0.3 is 4.74 Å². The van der Waals surface area contributed by atoms with Crippen LogP contribution in [0.2, 0.25) is 0 Å². The van der Waals surface area contributed by atoms with Gasteiger partial charge in [0, 0.05) is 10.8 Å². The average Bonchev–Trinajstić information content (AvgIpc) is 2.54. The van der Waals surface area contributed by atoms with Gasteiger partial charge in [-0.3, -0.25) is 0 Å². The van der Waals surface area contributed by atoms with Crippen LogP contribution in [0.4, 0.5) is 0 Å². The van der Waals surface area contributed by atoms with E-state index >= 15 is 0 Å². The molecule has 0 saturated heterocycles. The van der Waals surface area contributed by atoms with Crippen LogP contribution in [-0.4, -0.2) is 18.8 Å². The van der Waals surface area contributed by atoms with E-state index in [0.717, 1.165) is 6.42 Å². The number of rotatable bonds is 4. The van der Waals surface area contributed by atoms with Gasteiger partial charge in [-0.15, -0.1) is 11.8 Å². The smallest absolute Gasteiger partial charge is 0.348 e. The van der Waals surface area contributed by atoms with Crippen LogP contribution in [0.15, 0.2) is 21.6 Å². The first-order chi connectivity index (χ1) is 11.0. The topological polar surface area (TPSA) is 97.7 Å². The Balaban J connectivity index is 3.48. The van der Waals surface area contributed by atoms with Gasteiger partial charge in [0.25, 0.3) is 0 Å². The molecule has 0 aliphatic heterocycles. The monoisotopic (exact) mass is 329 g/mol. The molecule has 23 heavy (non-hydrogen) atoms. The van der Waals surface area contributed by atoms with Crippen LogP contribution in [0.5, 0.6) is 0 Å². The van der Waals surface area contributed by atoms with Gasteiger partial charge in [0.15, 0.2) is 0 Å². The molecule has 0 unspecified atom stereocenters. The molecule has 0 aromatic heterocycles. The average molecular weight is 329 g/mol. The quantitative estimate of drug-likeness (QED) is 0.445. The van der Waals surface area contributed by atoms with Crippen LogP contribution in [0.1, 0.15) is 33.1 Å². The van der Waals surface area contributed by atoms with Crippen molar-refractivity contribution in [3.05, 3.63) is 21.6 Å². The molecule has 1 aliphatic carbocycles. The number of nitriles is 3. The van der Waals surface area contributed by atoms with E-state index in [9.17, 15) is 10.1 Å². The Hall–Kier alpha value is -2.23. The number of esters is 1. The number of hydrogen-bond acceptors (Lipinski definition) is 6. The molecule has 0 N–H and O–H groups in total. The molecule has 2 atom stereocenters. The molecule has 1 aliphatic rings. The predicted octanol–water partition coefficient (Wildman–Crippen LogP) is 3.47. The first-order valence-corrected chi connectivity index (χ1v) is 8.64. The van der Waals surface area contributed by atoms with Gasteiger partial charge in [-0.1, -0.05) is 6.92 Å². The molecule has 0 spiro atoms. The molecule has 0 bridgehead atoms. The second kappa shape index (κ2) is 9.03. The molecule has 0 heterocycles. The maximum Gasteiger partial charge on any atom is 0.348 e. The van der Waals surface area contributed by atoms with Gasteiger partial charge in [-0.05, 0) is 43.9 Å². The summed E-state index contributed by atoms with van der Waals surface area (Å²) in [5.41, 5.74) is 0.762. The number of hydrogen-bond donors (Lipinski definition) is 0. The summed E-state index contributed by atoms with van der Waals surface area (Å²) in [5, 5.41) is 27.8. The maximum absolute atomic E-state index is 12.1. The molecule has 6 heteroatoms. The van der Waals surface area contributed by atoms with E-state index in [4.69, 9.17) is 15.3 Å². The van der Waals surface area contributed by atoms with Gasteiger partial charge >= 0.3 is 5.97 Å². The molecule has 1 saturated carbocycles. The van der Waals surface area contributed by atoms with Crippen LogP contribution >= 0.6 is 11.8 Å². The lowest BCUT2D eigenvalue weighted by Gasteiger charge is -2.31. The Labute approximate surface area is 141 Å². The number of carbonyl (C=O) groups excluding carboxylic acids is 1. The molecule has 1 fully saturated rings. The Morgan fingerprint density at radius 3 is 2.39 bits per heavy atom. The Bertz CT molecular complexity index is 643. The van der Waals surface area contributed by atoms with E-state index in [1.807, 2.05) is 18.2 Å². The van der Waals surface area contributed by atoms with Crippen LogP contribution < -0.4 is 0 Å². The zero-order chi connectivity index (χ0) is 17.4. The van der Waals surface area contributed by atoms with Gasteiger partial charge in [0.2, 0.25) is 0 Å². The zero-order valence-electron chi connectivity index (χ0n) is 13.5. The number of allylic oxidation sites excluding steroid dienone is 3. The van der Waals surface area contributed by atoms with Crippen LogP contribution in [0, 0.1) is 45.8 Å². The van der Waals surface area contributed by atoms with E-state index in [2.05, 4.69) is 6.92 Å². The zero-order valence-corrected chi connectivity index (χ0v) is 14.4. The normalized spacial score (nSPS) is 22.1. The standard InChI is InChI=1S/C17H19N3O2S/c1-4-22-17(21)15(10-20)14-7-11(2)5-6-13(14)16(23-3)12(8-18)9-19/h11,13H,4-7H2,1-3H3/b15-14+/t11-,13+/m1/s1. The SMILES string of the molecule is CCOC(=O)/C(C#N)=C1\C[C@H](C)CC[C@@H]1C(SC)=C(C#N)C#N. The minimum absolute atomic E-state index is 0.0187. The second-order valence-corrected chi connectivity index (χ2v) is 6.19. The first kappa shape index (κ1) is 18.8. The number of nitrogens with zero attached hydrogens (tertiary/aromatic N) is 3.